The van der Waals surface area contributed by atoms with Crippen molar-refractivity contribution in [3.63, 3.8) is 0 Å². The molecule has 0 spiro atoms. The molecule has 32 heavy (non-hydrogen) atoms. The molecule has 16 heteroatoms. The summed E-state index contributed by atoms with van der Waals surface area (Å²) in [6.45, 7) is 3.71. The van der Waals surface area contributed by atoms with E-state index in [0.717, 1.165) is 6.42 Å². The second-order valence-corrected chi connectivity index (χ2v) is 5.56. The van der Waals surface area contributed by atoms with E-state index in [4.69, 9.17) is 25.9 Å². The zero-order valence-corrected chi connectivity index (χ0v) is 17.2. The van der Waals surface area contributed by atoms with Crippen molar-refractivity contribution >= 4 is 11.9 Å². The first-order chi connectivity index (χ1) is 15.4. The molecule has 0 saturated heterocycles. The van der Waals surface area contributed by atoms with Crippen LogP contribution in [-0.4, -0.2) is 58.1 Å². The van der Waals surface area contributed by atoms with Gasteiger partial charge in [0.1, 0.15) is 0 Å². The van der Waals surface area contributed by atoms with E-state index in [-0.39, 0.29) is 13.2 Å². The summed E-state index contributed by atoms with van der Waals surface area (Å²) in [6.07, 6.45) is 4.44. The maximum absolute atomic E-state index is 11.8. The summed E-state index contributed by atoms with van der Waals surface area (Å²) < 4.78 is 0. The molecule has 0 aromatic carbocycles. The average Bonchev–Trinajstić information content (AvgIpc) is 2.82. The highest BCUT2D eigenvalue weighted by molar-refractivity contribution is 5.82. The van der Waals surface area contributed by atoms with Crippen LogP contribution in [0.5, 0.6) is 0 Å². The molecule has 0 fully saturated rings. The lowest BCUT2D eigenvalue weighted by atomic mass is 10.4. The highest BCUT2D eigenvalue weighted by atomic mass is 17.4. The molecule has 0 saturated carbocycles. The molecule has 1 unspecified atom stereocenters. The maximum Gasteiger partial charge on any atom is 0.395 e. The van der Waals surface area contributed by atoms with Gasteiger partial charge in [0, 0.05) is 24.3 Å². The minimum Gasteiger partial charge on any atom is -0.296 e. The molecular formula is C16H26O16. The molecule has 186 valence electrons. The van der Waals surface area contributed by atoms with E-state index >= 15 is 0 Å². The summed E-state index contributed by atoms with van der Waals surface area (Å²) >= 11 is 0. The molecule has 4 N–H and O–H groups in total. The molecule has 1 atom stereocenters. The molecule has 0 aliphatic rings. The zero-order valence-electron chi connectivity index (χ0n) is 17.2. The summed E-state index contributed by atoms with van der Waals surface area (Å²) in [7, 11) is 0. The van der Waals surface area contributed by atoms with Crippen molar-refractivity contribution in [1.82, 2.24) is 0 Å². The topological polar surface area (TPSA) is 207 Å². The normalized spacial score (nSPS) is 14.1. The lowest BCUT2D eigenvalue weighted by molar-refractivity contribution is -0.602. The van der Waals surface area contributed by atoms with Crippen molar-refractivity contribution in [1.29, 1.82) is 0 Å². The lowest BCUT2D eigenvalue weighted by Gasteiger charge is -2.23. The molecule has 0 amide bonds. The van der Waals surface area contributed by atoms with Gasteiger partial charge in [-0.3, -0.25) is 9.78 Å². The monoisotopic (exact) mass is 474 g/mol. The van der Waals surface area contributed by atoms with E-state index in [0.29, 0.717) is 43.6 Å². The van der Waals surface area contributed by atoms with Crippen molar-refractivity contribution in [2.45, 2.75) is 51.5 Å². The first kappa shape index (κ1) is 29.9. The molecule has 16 nitrogen and oxygen atoms in total. The molecule has 0 heterocycles. The third kappa shape index (κ3) is 12.1. The Morgan fingerprint density at radius 1 is 0.719 bits per heavy atom. The molecule has 0 aliphatic heterocycles. The quantitative estimate of drug-likeness (QED) is 0.0692. The Morgan fingerprint density at radius 2 is 1.19 bits per heavy atom. The summed E-state index contributed by atoms with van der Waals surface area (Å²) in [5.41, 5.74) is 0. The Morgan fingerprint density at radius 3 is 1.66 bits per heavy atom. The molecule has 0 aromatic heterocycles. The second-order valence-electron chi connectivity index (χ2n) is 5.56. The third-order valence-corrected chi connectivity index (χ3v) is 3.07. The Kier molecular flexibility index (Phi) is 16.4. The summed E-state index contributed by atoms with van der Waals surface area (Å²) in [5, 5.41) is 35.0. The van der Waals surface area contributed by atoms with Gasteiger partial charge in [-0.25, -0.2) is 35.1 Å². The van der Waals surface area contributed by atoms with E-state index in [1.54, 1.807) is 0 Å². The molecule has 0 aromatic rings. The maximum atomic E-state index is 11.8. The SMILES string of the molecule is CCCCOOC(C=CC(=O)OOC(C=CC(=O)OO)(OO)OOCCCC)(OO)OO. The van der Waals surface area contributed by atoms with E-state index in [1.165, 1.54) is 0 Å². The number of carbonyl (C=O) groups is 2. The first-order valence-electron chi connectivity index (χ1n) is 9.08. The van der Waals surface area contributed by atoms with Crippen molar-refractivity contribution in [2.75, 3.05) is 13.2 Å². The van der Waals surface area contributed by atoms with Crippen molar-refractivity contribution in [3.8, 4) is 0 Å². The standard InChI is InChI=1S/C16H26O16/c1-3-5-11-23-30-15(27-20,28-21)9-8-14(18)26-32-16(29-22,10-7-13(17)25-19)31-24-12-6-4-2/h7-10,19-22H,3-6,11-12H2,1-2H3. The van der Waals surface area contributed by atoms with Gasteiger partial charge < -0.3 is 0 Å². The zero-order chi connectivity index (χ0) is 24.3. The summed E-state index contributed by atoms with van der Waals surface area (Å²) in [6, 6.07) is 0. The molecule has 0 bridgehead atoms. The Hall–Kier alpha value is -2.06. The first-order valence-corrected chi connectivity index (χ1v) is 9.08. The fourth-order valence-electron chi connectivity index (χ4n) is 1.42. The van der Waals surface area contributed by atoms with Crippen LogP contribution in [0, 0.1) is 0 Å². The minimum absolute atomic E-state index is 0.0172. The number of rotatable bonds is 19. The average molecular weight is 474 g/mol. The van der Waals surface area contributed by atoms with Gasteiger partial charge in [-0.2, -0.15) is 29.7 Å². The van der Waals surface area contributed by atoms with E-state index in [9.17, 15) is 9.59 Å². The fourth-order valence-corrected chi connectivity index (χ4v) is 1.42. The Labute approximate surface area is 181 Å². The van der Waals surface area contributed by atoms with Crippen LogP contribution < -0.4 is 0 Å². The van der Waals surface area contributed by atoms with Gasteiger partial charge >= 0.3 is 23.9 Å². The van der Waals surface area contributed by atoms with Crippen LogP contribution in [0.3, 0.4) is 0 Å². The van der Waals surface area contributed by atoms with Crippen molar-refractivity contribution in [3.05, 3.63) is 24.3 Å². The van der Waals surface area contributed by atoms with Gasteiger partial charge in [-0.1, -0.05) is 26.7 Å². The Bertz CT molecular complexity index is 574. The molecule has 0 rings (SSSR count). The number of carbonyl (C=O) groups excluding carboxylic acids is 2. The van der Waals surface area contributed by atoms with E-state index < -0.39 is 23.9 Å². The summed E-state index contributed by atoms with van der Waals surface area (Å²) in [4.78, 5) is 65.0. The van der Waals surface area contributed by atoms with Gasteiger partial charge in [0.15, 0.2) is 0 Å². The van der Waals surface area contributed by atoms with E-state index in [1.807, 2.05) is 13.8 Å². The summed E-state index contributed by atoms with van der Waals surface area (Å²) in [5.74, 6) is -8.34. The largest absolute Gasteiger partial charge is 0.395 e. The van der Waals surface area contributed by atoms with Crippen LogP contribution in [-0.2, 0) is 58.5 Å². The van der Waals surface area contributed by atoms with Crippen LogP contribution in [0.15, 0.2) is 24.3 Å². The fraction of sp³-hybridized carbons (Fsp3) is 0.625. The third-order valence-electron chi connectivity index (χ3n) is 3.07. The van der Waals surface area contributed by atoms with E-state index in [2.05, 4.69) is 44.0 Å². The smallest absolute Gasteiger partial charge is 0.296 e. The van der Waals surface area contributed by atoms with Gasteiger partial charge in [-0.05, 0) is 12.8 Å². The molecule has 0 radical (unpaired) electrons. The highest BCUT2D eigenvalue weighted by Gasteiger charge is 2.38. The molecule has 0 aliphatic carbocycles. The number of unbranched alkanes of at least 4 members (excludes halogenated alkanes) is 2. The van der Waals surface area contributed by atoms with Gasteiger partial charge in [0.05, 0.1) is 13.2 Å². The highest BCUT2D eigenvalue weighted by Crippen LogP contribution is 2.19. The van der Waals surface area contributed by atoms with Crippen molar-refractivity contribution in [2.24, 2.45) is 0 Å². The van der Waals surface area contributed by atoms with Crippen LogP contribution in [0.4, 0.5) is 0 Å². The van der Waals surface area contributed by atoms with Gasteiger partial charge in [-0.15, -0.1) is 4.89 Å². The predicted octanol–water partition coefficient (Wildman–Crippen LogP) is 1.86. The number of hydrogen-bond donors (Lipinski definition) is 4. The second kappa shape index (κ2) is 17.5. The lowest BCUT2D eigenvalue weighted by Crippen LogP contribution is -2.38. The van der Waals surface area contributed by atoms with Crippen LogP contribution >= 0.6 is 0 Å². The minimum atomic E-state index is -2.83. The molecular weight excluding hydrogens is 448 g/mol. The predicted molar refractivity (Wildman–Crippen MR) is 94.7 cm³/mol. The van der Waals surface area contributed by atoms with Gasteiger partial charge in [0.25, 0.3) is 0 Å². The van der Waals surface area contributed by atoms with Crippen LogP contribution in [0.1, 0.15) is 39.5 Å². The number of hydrogen-bond acceptors (Lipinski definition) is 16. The van der Waals surface area contributed by atoms with Crippen molar-refractivity contribution < 1.29 is 79.5 Å². The Balaban J connectivity index is 5.15. The van der Waals surface area contributed by atoms with Crippen LogP contribution in [0.2, 0.25) is 0 Å². The van der Waals surface area contributed by atoms with Gasteiger partial charge in [0.2, 0.25) is 0 Å². The van der Waals surface area contributed by atoms with Crippen LogP contribution in [0.25, 0.3) is 0 Å².